The molecule has 1 fully saturated rings. The van der Waals surface area contributed by atoms with E-state index in [4.69, 9.17) is 4.74 Å². The normalized spacial score (nSPS) is 23.5. The quantitative estimate of drug-likeness (QED) is 0.780. The molecule has 3 atom stereocenters. The van der Waals surface area contributed by atoms with Gasteiger partial charge in [-0.15, -0.1) is 12.4 Å². The van der Waals surface area contributed by atoms with Gasteiger partial charge in [0.15, 0.2) is 0 Å². The molecule has 0 N–H and O–H groups in total. The van der Waals surface area contributed by atoms with Gasteiger partial charge in [-0.05, 0) is 57.9 Å². The summed E-state index contributed by atoms with van der Waals surface area (Å²) in [5, 5.41) is 0. The predicted molar refractivity (Wildman–Crippen MR) is 88.0 cm³/mol. The van der Waals surface area contributed by atoms with E-state index in [1.54, 1.807) is 0 Å². The zero-order valence-corrected chi connectivity index (χ0v) is 14.2. The van der Waals surface area contributed by atoms with Crippen molar-refractivity contribution in [2.24, 2.45) is 0 Å². The Hall–Kier alpha value is -1.13. The Morgan fingerprint density at radius 3 is 2.36 bits per heavy atom. The van der Waals surface area contributed by atoms with Gasteiger partial charge in [-0.2, -0.15) is 0 Å². The molecule has 3 nitrogen and oxygen atoms in total. The fourth-order valence-corrected chi connectivity index (χ4v) is 3.01. The number of likely N-dealkylation sites (tertiary alicyclic amines) is 1. The van der Waals surface area contributed by atoms with Crippen LogP contribution < -0.4 is 0 Å². The van der Waals surface area contributed by atoms with Gasteiger partial charge >= 0.3 is 5.97 Å². The minimum Gasteiger partial charge on any atom is -0.458 e. The highest BCUT2D eigenvalue weighted by molar-refractivity contribution is 5.89. The molecule has 5 heteroatoms. The SMILES string of the molecule is CC(CN1C(C)CCCC1C)OC(=O)c1ccc(F)cc1.Cl. The van der Waals surface area contributed by atoms with E-state index in [9.17, 15) is 9.18 Å². The second-order valence-corrected chi connectivity index (χ2v) is 6.05. The van der Waals surface area contributed by atoms with Gasteiger partial charge in [0, 0.05) is 18.6 Å². The Bertz CT molecular complexity index is 470. The highest BCUT2D eigenvalue weighted by Gasteiger charge is 2.26. The summed E-state index contributed by atoms with van der Waals surface area (Å²) in [6.45, 7) is 7.11. The molecule has 1 saturated heterocycles. The van der Waals surface area contributed by atoms with Crippen LogP contribution in [0.5, 0.6) is 0 Å². The monoisotopic (exact) mass is 329 g/mol. The van der Waals surface area contributed by atoms with E-state index in [1.165, 1.54) is 43.5 Å². The third-order valence-corrected chi connectivity index (χ3v) is 4.23. The lowest BCUT2D eigenvalue weighted by Gasteiger charge is -2.40. The number of hydrogen-bond donors (Lipinski definition) is 0. The zero-order chi connectivity index (χ0) is 15.4. The first-order valence-corrected chi connectivity index (χ1v) is 7.69. The topological polar surface area (TPSA) is 29.5 Å². The first kappa shape index (κ1) is 18.9. The predicted octanol–water partition coefficient (Wildman–Crippen LogP) is 4.06. The summed E-state index contributed by atoms with van der Waals surface area (Å²) in [4.78, 5) is 14.4. The van der Waals surface area contributed by atoms with Crippen LogP contribution in [0.1, 0.15) is 50.4 Å². The Morgan fingerprint density at radius 2 is 1.82 bits per heavy atom. The summed E-state index contributed by atoms with van der Waals surface area (Å²) in [6.07, 6.45) is 3.49. The number of ether oxygens (including phenoxy) is 1. The number of benzene rings is 1. The maximum atomic E-state index is 12.8. The van der Waals surface area contributed by atoms with Crippen LogP contribution in [0.3, 0.4) is 0 Å². The van der Waals surface area contributed by atoms with Gasteiger partial charge in [0.2, 0.25) is 0 Å². The van der Waals surface area contributed by atoms with Gasteiger partial charge in [0.05, 0.1) is 5.56 Å². The highest BCUT2D eigenvalue weighted by atomic mass is 35.5. The van der Waals surface area contributed by atoms with Crippen molar-refractivity contribution in [3.05, 3.63) is 35.6 Å². The van der Waals surface area contributed by atoms with Crippen molar-refractivity contribution in [3.8, 4) is 0 Å². The van der Waals surface area contributed by atoms with Crippen molar-refractivity contribution in [1.82, 2.24) is 4.90 Å². The van der Waals surface area contributed by atoms with E-state index in [2.05, 4.69) is 18.7 Å². The van der Waals surface area contributed by atoms with Crippen LogP contribution in [-0.2, 0) is 4.74 Å². The lowest BCUT2D eigenvalue weighted by molar-refractivity contribution is 0.00811. The van der Waals surface area contributed by atoms with Crippen LogP contribution in [0.25, 0.3) is 0 Å². The maximum absolute atomic E-state index is 12.8. The maximum Gasteiger partial charge on any atom is 0.338 e. The van der Waals surface area contributed by atoms with Crippen LogP contribution >= 0.6 is 12.4 Å². The molecule has 1 aliphatic heterocycles. The number of carbonyl (C=O) groups excluding carboxylic acids is 1. The van der Waals surface area contributed by atoms with Crippen molar-refractivity contribution in [2.75, 3.05) is 6.54 Å². The Kier molecular flexibility index (Phi) is 7.30. The van der Waals surface area contributed by atoms with Gasteiger partial charge in [-0.1, -0.05) is 6.42 Å². The second-order valence-electron chi connectivity index (χ2n) is 6.05. The van der Waals surface area contributed by atoms with Crippen molar-refractivity contribution in [1.29, 1.82) is 0 Å². The van der Waals surface area contributed by atoms with Crippen molar-refractivity contribution < 1.29 is 13.9 Å². The number of nitrogens with zero attached hydrogens (tertiary/aromatic N) is 1. The molecule has 1 heterocycles. The molecule has 0 bridgehead atoms. The molecule has 1 aromatic carbocycles. The van der Waals surface area contributed by atoms with Gasteiger partial charge in [-0.3, -0.25) is 4.90 Å². The fraction of sp³-hybridized carbons (Fsp3) is 0.588. The molecule has 0 radical (unpaired) electrons. The van der Waals surface area contributed by atoms with Gasteiger partial charge in [-0.25, -0.2) is 9.18 Å². The highest BCUT2D eigenvalue weighted by Crippen LogP contribution is 2.23. The lowest BCUT2D eigenvalue weighted by atomic mass is 9.97. The number of piperidine rings is 1. The summed E-state index contributed by atoms with van der Waals surface area (Å²) in [5.74, 6) is -0.740. The summed E-state index contributed by atoms with van der Waals surface area (Å²) < 4.78 is 18.3. The molecule has 22 heavy (non-hydrogen) atoms. The van der Waals surface area contributed by atoms with Crippen LogP contribution in [0.15, 0.2) is 24.3 Å². The molecule has 0 aromatic heterocycles. The summed E-state index contributed by atoms with van der Waals surface area (Å²) in [7, 11) is 0. The molecule has 3 unspecified atom stereocenters. The van der Waals surface area contributed by atoms with E-state index < -0.39 is 0 Å². The Labute approximate surface area is 138 Å². The lowest BCUT2D eigenvalue weighted by Crippen LogP contribution is -2.47. The second kappa shape index (κ2) is 8.49. The Morgan fingerprint density at radius 1 is 1.27 bits per heavy atom. The molecule has 1 aliphatic rings. The van der Waals surface area contributed by atoms with Gasteiger partial charge < -0.3 is 4.74 Å². The zero-order valence-electron chi connectivity index (χ0n) is 13.4. The largest absolute Gasteiger partial charge is 0.458 e. The van der Waals surface area contributed by atoms with E-state index in [0.29, 0.717) is 17.6 Å². The smallest absolute Gasteiger partial charge is 0.338 e. The molecule has 1 aromatic rings. The van der Waals surface area contributed by atoms with E-state index in [0.717, 1.165) is 6.54 Å². The molecule has 0 saturated carbocycles. The summed E-state index contributed by atoms with van der Waals surface area (Å²) >= 11 is 0. The molecule has 0 spiro atoms. The van der Waals surface area contributed by atoms with E-state index in [1.807, 2.05) is 6.92 Å². The molecule has 124 valence electrons. The van der Waals surface area contributed by atoms with Crippen molar-refractivity contribution >= 4 is 18.4 Å². The van der Waals surface area contributed by atoms with Gasteiger partial charge in [0.25, 0.3) is 0 Å². The number of esters is 1. The van der Waals surface area contributed by atoms with Crippen molar-refractivity contribution in [2.45, 2.75) is 58.2 Å². The summed E-state index contributed by atoms with van der Waals surface area (Å²) in [6, 6.07) is 6.51. The van der Waals surface area contributed by atoms with Crippen molar-refractivity contribution in [3.63, 3.8) is 0 Å². The third-order valence-electron chi connectivity index (χ3n) is 4.23. The third kappa shape index (κ3) is 4.96. The number of carbonyl (C=O) groups is 1. The van der Waals surface area contributed by atoms with Gasteiger partial charge in [0.1, 0.15) is 11.9 Å². The first-order chi connectivity index (χ1) is 9.97. The minimum absolute atomic E-state index is 0. The molecule has 0 aliphatic carbocycles. The Balaban J connectivity index is 0.00000242. The molecular weight excluding hydrogens is 305 g/mol. The average molecular weight is 330 g/mol. The average Bonchev–Trinajstić information content (AvgIpc) is 2.43. The number of halogens is 2. The molecule has 2 rings (SSSR count). The number of rotatable bonds is 4. The molecule has 0 amide bonds. The first-order valence-electron chi connectivity index (χ1n) is 7.69. The molecular formula is C17H25ClFNO2. The minimum atomic E-state index is -0.389. The van der Waals surface area contributed by atoms with Crippen LogP contribution in [0, 0.1) is 5.82 Å². The van der Waals surface area contributed by atoms with Crippen LogP contribution in [-0.4, -0.2) is 35.6 Å². The van der Waals surface area contributed by atoms with Crippen LogP contribution in [0.4, 0.5) is 4.39 Å². The van der Waals surface area contributed by atoms with E-state index >= 15 is 0 Å². The number of hydrogen-bond acceptors (Lipinski definition) is 3. The summed E-state index contributed by atoms with van der Waals surface area (Å²) in [5.41, 5.74) is 0.392. The standard InChI is InChI=1S/C17H24FNO2.ClH/c1-12-5-4-6-13(2)19(12)11-14(3)21-17(20)15-7-9-16(18)10-8-15;/h7-10,12-14H,4-6,11H2,1-3H3;1H. The van der Waals surface area contributed by atoms with E-state index in [-0.39, 0.29) is 30.3 Å². The van der Waals surface area contributed by atoms with Crippen LogP contribution in [0.2, 0.25) is 0 Å². The fourth-order valence-electron chi connectivity index (χ4n) is 3.01.